The second-order valence-corrected chi connectivity index (χ2v) is 7.24. The Balaban J connectivity index is 0.00000192. The van der Waals surface area contributed by atoms with Crippen LogP contribution in [0.3, 0.4) is 0 Å². The van der Waals surface area contributed by atoms with Crippen molar-refractivity contribution in [3.63, 3.8) is 0 Å². The van der Waals surface area contributed by atoms with Crippen LogP contribution in [0.25, 0.3) is 0 Å². The zero-order valence-corrected chi connectivity index (χ0v) is 15.0. The lowest BCUT2D eigenvalue weighted by molar-refractivity contribution is -0.124. The molecular weight excluding hydrogens is 331 g/mol. The Kier molecular flexibility index (Phi) is 6.35. The van der Waals surface area contributed by atoms with Crippen LogP contribution >= 0.6 is 24.0 Å². The van der Waals surface area contributed by atoms with Crippen molar-refractivity contribution >= 4 is 29.9 Å². The number of nitrogens with two attached hydrogens (primary N) is 1. The van der Waals surface area contributed by atoms with Crippen molar-refractivity contribution in [1.29, 1.82) is 0 Å². The van der Waals surface area contributed by atoms with Gasteiger partial charge < -0.3 is 11.1 Å². The zero-order chi connectivity index (χ0) is 15.6. The minimum absolute atomic E-state index is 0. The van der Waals surface area contributed by atoms with E-state index in [1.165, 1.54) is 32.1 Å². The number of hydrogen-bond donors (Lipinski definition) is 2. The average Bonchev–Trinajstić information content (AvgIpc) is 3.35. The number of rotatable bonds is 5. The molecule has 1 atom stereocenters. The number of benzene rings is 1. The molecule has 23 heavy (non-hydrogen) atoms. The Hall–Kier alpha value is -0.770. The number of hydrogen-bond acceptors (Lipinski definition) is 2. The van der Waals surface area contributed by atoms with Crippen molar-refractivity contribution in [3.8, 4) is 0 Å². The monoisotopic (exact) mass is 356 g/mol. The lowest BCUT2D eigenvalue weighted by Crippen LogP contribution is -2.49. The van der Waals surface area contributed by atoms with Gasteiger partial charge in [-0.2, -0.15) is 0 Å². The number of carbonyl (C=O) groups excluding carboxylic acids is 1. The summed E-state index contributed by atoms with van der Waals surface area (Å²) < 4.78 is 0. The first kappa shape index (κ1) is 18.6. The van der Waals surface area contributed by atoms with Crippen LogP contribution < -0.4 is 11.1 Å². The quantitative estimate of drug-likeness (QED) is 0.842. The van der Waals surface area contributed by atoms with Crippen molar-refractivity contribution in [2.75, 3.05) is 6.54 Å². The van der Waals surface area contributed by atoms with E-state index in [0.29, 0.717) is 17.5 Å². The molecule has 3 rings (SSSR count). The van der Waals surface area contributed by atoms with Crippen molar-refractivity contribution in [2.24, 2.45) is 11.7 Å². The van der Waals surface area contributed by atoms with Gasteiger partial charge in [-0.15, -0.1) is 12.4 Å². The van der Waals surface area contributed by atoms with E-state index in [-0.39, 0.29) is 29.8 Å². The van der Waals surface area contributed by atoms with Gasteiger partial charge in [0.1, 0.15) is 0 Å². The van der Waals surface area contributed by atoms with Crippen LogP contribution in [-0.4, -0.2) is 18.5 Å². The first-order valence-electron chi connectivity index (χ1n) is 8.43. The van der Waals surface area contributed by atoms with Gasteiger partial charge in [0.15, 0.2) is 0 Å². The molecule has 5 heteroatoms. The van der Waals surface area contributed by atoms with E-state index in [1.54, 1.807) is 0 Å². The van der Waals surface area contributed by atoms with E-state index in [1.807, 2.05) is 24.3 Å². The molecule has 1 unspecified atom stereocenters. The molecule has 0 saturated heterocycles. The normalized spacial score (nSPS) is 21.1. The summed E-state index contributed by atoms with van der Waals surface area (Å²) in [6.07, 6.45) is 8.02. The summed E-state index contributed by atoms with van der Waals surface area (Å²) in [5, 5.41) is 3.94. The minimum atomic E-state index is -0.368. The molecule has 2 aliphatic carbocycles. The lowest BCUT2D eigenvalue weighted by atomic mass is 9.83. The lowest BCUT2D eigenvalue weighted by Gasteiger charge is -2.31. The standard InChI is InChI=1S/C18H25ClN2O.ClH/c19-15-8-4-7-14(11-15)18(9-10-18)17(22)21-16(12-20)13-5-2-1-3-6-13;/h4,7-8,11,13,16H,1-3,5-6,9-10,12,20H2,(H,21,22);1H. The van der Waals surface area contributed by atoms with Crippen LogP contribution in [0.4, 0.5) is 0 Å². The van der Waals surface area contributed by atoms with Crippen LogP contribution in [0.5, 0.6) is 0 Å². The van der Waals surface area contributed by atoms with E-state index in [9.17, 15) is 4.79 Å². The van der Waals surface area contributed by atoms with Crippen molar-refractivity contribution < 1.29 is 4.79 Å². The zero-order valence-electron chi connectivity index (χ0n) is 13.4. The number of nitrogens with one attached hydrogen (secondary N) is 1. The molecule has 0 spiro atoms. The molecule has 2 saturated carbocycles. The van der Waals surface area contributed by atoms with Crippen LogP contribution in [0.2, 0.25) is 5.02 Å². The predicted molar refractivity (Wildman–Crippen MR) is 97.2 cm³/mol. The van der Waals surface area contributed by atoms with Crippen molar-refractivity contribution in [3.05, 3.63) is 34.9 Å². The highest BCUT2D eigenvalue weighted by atomic mass is 35.5. The van der Waals surface area contributed by atoms with Crippen LogP contribution in [0.15, 0.2) is 24.3 Å². The SMILES string of the molecule is Cl.NCC(NC(=O)C1(c2cccc(Cl)c2)CC1)C1CCCCC1. The fourth-order valence-electron chi connectivity index (χ4n) is 3.77. The van der Waals surface area contributed by atoms with Crippen LogP contribution in [0, 0.1) is 5.92 Å². The molecular formula is C18H26Cl2N2O. The second kappa shape index (κ2) is 7.87. The second-order valence-electron chi connectivity index (χ2n) is 6.81. The number of halogens is 2. The molecule has 0 bridgehead atoms. The van der Waals surface area contributed by atoms with E-state index in [2.05, 4.69) is 5.32 Å². The first-order chi connectivity index (χ1) is 10.7. The van der Waals surface area contributed by atoms with Crippen LogP contribution in [-0.2, 0) is 10.2 Å². The Morgan fingerprint density at radius 1 is 1.30 bits per heavy atom. The third-order valence-corrected chi connectivity index (χ3v) is 5.59. The fraction of sp³-hybridized carbons (Fsp3) is 0.611. The van der Waals surface area contributed by atoms with Crippen LogP contribution in [0.1, 0.15) is 50.5 Å². The Morgan fingerprint density at radius 3 is 2.57 bits per heavy atom. The largest absolute Gasteiger partial charge is 0.351 e. The van der Waals surface area contributed by atoms with E-state index in [0.717, 1.165) is 18.4 Å². The molecule has 1 aromatic carbocycles. The smallest absolute Gasteiger partial charge is 0.230 e. The summed E-state index contributed by atoms with van der Waals surface area (Å²) in [7, 11) is 0. The molecule has 1 aromatic rings. The molecule has 0 radical (unpaired) electrons. The summed E-state index contributed by atoms with van der Waals surface area (Å²) >= 11 is 6.09. The van der Waals surface area contributed by atoms with Crippen molar-refractivity contribution in [2.45, 2.75) is 56.4 Å². The number of amides is 1. The highest BCUT2D eigenvalue weighted by Gasteiger charge is 2.51. The minimum Gasteiger partial charge on any atom is -0.351 e. The molecule has 2 fully saturated rings. The summed E-state index contributed by atoms with van der Waals surface area (Å²) in [6.45, 7) is 0.530. The molecule has 0 heterocycles. The third kappa shape index (κ3) is 4.01. The maximum absolute atomic E-state index is 12.8. The van der Waals surface area contributed by atoms with Gasteiger partial charge in [0.25, 0.3) is 0 Å². The van der Waals surface area contributed by atoms with Gasteiger partial charge in [0.2, 0.25) is 5.91 Å². The highest BCUT2D eigenvalue weighted by molar-refractivity contribution is 6.30. The Morgan fingerprint density at radius 2 is 2.00 bits per heavy atom. The molecule has 0 aliphatic heterocycles. The van der Waals surface area contributed by atoms with E-state index < -0.39 is 0 Å². The highest BCUT2D eigenvalue weighted by Crippen LogP contribution is 2.49. The van der Waals surface area contributed by atoms with E-state index >= 15 is 0 Å². The molecule has 0 aromatic heterocycles. The molecule has 1 amide bonds. The van der Waals surface area contributed by atoms with Gasteiger partial charge in [-0.25, -0.2) is 0 Å². The fourth-order valence-corrected chi connectivity index (χ4v) is 3.96. The first-order valence-corrected chi connectivity index (χ1v) is 8.80. The summed E-state index contributed by atoms with van der Waals surface area (Å²) in [5.41, 5.74) is 6.61. The maximum atomic E-state index is 12.8. The summed E-state index contributed by atoms with van der Waals surface area (Å²) in [5.74, 6) is 0.675. The average molecular weight is 357 g/mol. The molecule has 2 aliphatic rings. The summed E-state index contributed by atoms with van der Waals surface area (Å²) in [6, 6.07) is 7.82. The molecule has 128 valence electrons. The van der Waals surface area contributed by atoms with Gasteiger partial charge in [-0.05, 0) is 49.3 Å². The van der Waals surface area contributed by atoms with Gasteiger partial charge in [-0.3, -0.25) is 4.79 Å². The van der Waals surface area contributed by atoms with Gasteiger partial charge in [0, 0.05) is 17.6 Å². The Bertz CT molecular complexity index is 540. The molecule has 3 N–H and O–H groups in total. The Labute approximate surface area is 149 Å². The molecule has 3 nitrogen and oxygen atoms in total. The summed E-state index contributed by atoms with van der Waals surface area (Å²) in [4.78, 5) is 12.8. The van der Waals surface area contributed by atoms with Crippen molar-refractivity contribution in [1.82, 2.24) is 5.32 Å². The van der Waals surface area contributed by atoms with Gasteiger partial charge >= 0.3 is 0 Å². The third-order valence-electron chi connectivity index (χ3n) is 5.35. The van der Waals surface area contributed by atoms with E-state index in [4.69, 9.17) is 17.3 Å². The van der Waals surface area contributed by atoms with Gasteiger partial charge in [-0.1, -0.05) is 43.0 Å². The van der Waals surface area contributed by atoms with Gasteiger partial charge in [0.05, 0.1) is 5.41 Å². The predicted octanol–water partition coefficient (Wildman–Crippen LogP) is 3.82. The number of carbonyl (C=O) groups is 1. The maximum Gasteiger partial charge on any atom is 0.230 e. The topological polar surface area (TPSA) is 55.1 Å².